The minimum absolute atomic E-state index is 0.0853. The Hall–Kier alpha value is -1.16. The van der Waals surface area contributed by atoms with E-state index in [0.717, 1.165) is 64.2 Å². The molecule has 0 unspecified atom stereocenters. The second kappa shape index (κ2) is 11.5. The number of aliphatic carboxylic acids is 1. The van der Waals surface area contributed by atoms with Crippen molar-refractivity contribution in [3.05, 3.63) is 12.2 Å². The lowest BCUT2D eigenvalue weighted by atomic mass is 9.87. The van der Waals surface area contributed by atoms with E-state index in [1.807, 2.05) is 13.0 Å². The van der Waals surface area contributed by atoms with Crippen LogP contribution >= 0.6 is 0 Å². The van der Waals surface area contributed by atoms with Crippen LogP contribution in [0.3, 0.4) is 0 Å². The van der Waals surface area contributed by atoms with E-state index in [1.165, 1.54) is 0 Å². The zero-order valence-electron chi connectivity index (χ0n) is 16.0. The molecule has 1 aliphatic rings. The van der Waals surface area contributed by atoms with Crippen LogP contribution in [0.5, 0.6) is 0 Å². The Kier molecular flexibility index (Phi) is 10.0. The van der Waals surface area contributed by atoms with Crippen LogP contribution in [0.1, 0.15) is 90.9 Å². The molecule has 1 aliphatic carbocycles. The Morgan fingerprint density at radius 3 is 2.60 bits per heavy atom. The lowest BCUT2D eigenvalue weighted by Crippen LogP contribution is -2.21. The van der Waals surface area contributed by atoms with Crippen LogP contribution in [0.2, 0.25) is 0 Å². The number of carboxylic acids is 1. The van der Waals surface area contributed by atoms with Crippen molar-refractivity contribution in [1.82, 2.24) is 0 Å². The topological polar surface area (TPSA) is 74.6 Å². The van der Waals surface area contributed by atoms with E-state index in [9.17, 15) is 14.7 Å². The molecule has 0 aliphatic heterocycles. The van der Waals surface area contributed by atoms with E-state index in [4.69, 9.17) is 5.11 Å². The van der Waals surface area contributed by atoms with Gasteiger partial charge in [0.05, 0.1) is 5.60 Å². The van der Waals surface area contributed by atoms with Crippen LogP contribution in [-0.4, -0.2) is 27.6 Å². The third-order valence-electron chi connectivity index (χ3n) is 5.30. The van der Waals surface area contributed by atoms with Gasteiger partial charge in [0, 0.05) is 18.8 Å². The predicted molar refractivity (Wildman–Crippen MR) is 100 cm³/mol. The highest BCUT2D eigenvalue weighted by Gasteiger charge is 2.32. The molecule has 4 nitrogen and oxygen atoms in total. The molecule has 25 heavy (non-hydrogen) atoms. The summed E-state index contributed by atoms with van der Waals surface area (Å²) in [6.45, 7) is 4.01. The number of carbonyl (C=O) groups is 2. The first-order valence-corrected chi connectivity index (χ1v) is 10.0. The molecular formula is C21H36O4. The summed E-state index contributed by atoms with van der Waals surface area (Å²) >= 11 is 0. The average Bonchev–Trinajstić information content (AvgIpc) is 2.89. The van der Waals surface area contributed by atoms with Crippen molar-refractivity contribution in [2.45, 2.75) is 96.5 Å². The molecule has 1 rings (SSSR count). The van der Waals surface area contributed by atoms with Crippen molar-refractivity contribution in [2.24, 2.45) is 11.8 Å². The summed E-state index contributed by atoms with van der Waals surface area (Å²) in [6.07, 6.45) is 14.3. The number of allylic oxidation sites excluding steroid dienone is 1. The van der Waals surface area contributed by atoms with E-state index in [2.05, 4.69) is 13.0 Å². The molecule has 3 atom stereocenters. The van der Waals surface area contributed by atoms with Crippen LogP contribution in [0.4, 0.5) is 0 Å². The maximum atomic E-state index is 12.2. The fraction of sp³-hybridized carbons (Fsp3) is 0.810. The van der Waals surface area contributed by atoms with Gasteiger partial charge in [0.2, 0.25) is 0 Å². The number of hydrogen-bond donors (Lipinski definition) is 2. The Labute approximate surface area is 152 Å². The first kappa shape index (κ1) is 21.9. The molecule has 0 aromatic heterocycles. The van der Waals surface area contributed by atoms with Gasteiger partial charge < -0.3 is 10.2 Å². The minimum Gasteiger partial charge on any atom is -0.481 e. The number of carboxylic acid groups (broad SMARTS) is 1. The molecule has 0 amide bonds. The van der Waals surface area contributed by atoms with Gasteiger partial charge in [0.15, 0.2) is 0 Å². The van der Waals surface area contributed by atoms with Gasteiger partial charge in [-0.3, -0.25) is 9.59 Å². The van der Waals surface area contributed by atoms with Gasteiger partial charge in [-0.25, -0.2) is 0 Å². The van der Waals surface area contributed by atoms with Gasteiger partial charge in [-0.05, 0) is 38.5 Å². The second-order valence-corrected chi connectivity index (χ2v) is 7.80. The molecule has 1 fully saturated rings. The number of unbranched alkanes of at least 4 members (excludes halogenated alkanes) is 5. The molecule has 144 valence electrons. The van der Waals surface area contributed by atoms with Crippen LogP contribution in [0, 0.1) is 11.8 Å². The van der Waals surface area contributed by atoms with Gasteiger partial charge in [0.25, 0.3) is 0 Å². The summed E-state index contributed by atoms with van der Waals surface area (Å²) in [4.78, 5) is 22.6. The number of ketones is 1. The maximum absolute atomic E-state index is 12.2. The summed E-state index contributed by atoms with van der Waals surface area (Å²) < 4.78 is 0. The summed E-state index contributed by atoms with van der Waals surface area (Å²) in [5, 5.41) is 19.1. The number of rotatable bonds is 13. The lowest BCUT2D eigenvalue weighted by Gasteiger charge is -2.21. The second-order valence-electron chi connectivity index (χ2n) is 7.80. The van der Waals surface area contributed by atoms with Gasteiger partial charge in [0.1, 0.15) is 5.78 Å². The van der Waals surface area contributed by atoms with Crippen molar-refractivity contribution in [3.8, 4) is 0 Å². The van der Waals surface area contributed by atoms with Gasteiger partial charge >= 0.3 is 5.97 Å². The van der Waals surface area contributed by atoms with E-state index in [1.54, 1.807) is 0 Å². The number of Topliss-reactive ketones (excluding diaryl/α,β-unsaturated/α-hetero) is 1. The molecule has 0 heterocycles. The Morgan fingerprint density at radius 1 is 1.20 bits per heavy atom. The zero-order valence-corrected chi connectivity index (χ0v) is 16.0. The number of hydrogen-bond acceptors (Lipinski definition) is 3. The normalized spacial score (nSPS) is 23.2. The molecule has 0 saturated heterocycles. The Morgan fingerprint density at radius 2 is 1.92 bits per heavy atom. The smallest absolute Gasteiger partial charge is 0.303 e. The van der Waals surface area contributed by atoms with Crippen LogP contribution in [0.15, 0.2) is 12.2 Å². The number of carbonyl (C=O) groups excluding carboxylic acids is 1. The lowest BCUT2D eigenvalue weighted by molar-refractivity contribution is -0.137. The summed E-state index contributed by atoms with van der Waals surface area (Å²) in [7, 11) is 0. The average molecular weight is 353 g/mol. The third kappa shape index (κ3) is 9.20. The summed E-state index contributed by atoms with van der Waals surface area (Å²) in [5.74, 6) is -0.0423. The van der Waals surface area contributed by atoms with E-state index >= 15 is 0 Å². The molecule has 0 radical (unpaired) electrons. The predicted octanol–water partition coefficient (Wildman–Crippen LogP) is 4.89. The highest BCUT2D eigenvalue weighted by molar-refractivity contribution is 5.83. The fourth-order valence-electron chi connectivity index (χ4n) is 3.68. The summed E-state index contributed by atoms with van der Waals surface area (Å²) in [6, 6.07) is 0. The Bertz CT molecular complexity index is 439. The van der Waals surface area contributed by atoms with Gasteiger partial charge in [-0.1, -0.05) is 57.6 Å². The fourth-order valence-corrected chi connectivity index (χ4v) is 3.68. The van der Waals surface area contributed by atoms with Gasteiger partial charge in [-0.15, -0.1) is 0 Å². The van der Waals surface area contributed by atoms with Crippen molar-refractivity contribution < 1.29 is 19.8 Å². The van der Waals surface area contributed by atoms with Crippen molar-refractivity contribution in [2.75, 3.05) is 0 Å². The molecule has 4 heteroatoms. The van der Waals surface area contributed by atoms with E-state index < -0.39 is 11.6 Å². The van der Waals surface area contributed by atoms with Crippen LogP contribution < -0.4 is 0 Å². The van der Waals surface area contributed by atoms with Crippen molar-refractivity contribution in [1.29, 1.82) is 0 Å². The first-order valence-electron chi connectivity index (χ1n) is 10.0. The van der Waals surface area contributed by atoms with E-state index in [0.29, 0.717) is 12.2 Å². The van der Waals surface area contributed by atoms with Crippen molar-refractivity contribution in [3.63, 3.8) is 0 Å². The standard InChI is InChI=1S/C21H36O4/c1-3-4-9-15-21(2,25)16-14-17-12-13-19(22)18(17)10-7-5-6-8-11-20(23)24/h14,16-18,25H,3-13,15H2,1-2H3,(H,23,24)/b16-14+/t17-,18+,21+/m0/s1. The SMILES string of the molecule is CCCCC[C@@](C)(O)/C=C/[C@@H]1CCC(=O)[C@@H]1CCCCCCC(=O)O. The van der Waals surface area contributed by atoms with Crippen LogP contribution in [-0.2, 0) is 9.59 Å². The summed E-state index contributed by atoms with van der Waals surface area (Å²) in [5.41, 5.74) is -0.776. The molecule has 0 aromatic carbocycles. The highest BCUT2D eigenvalue weighted by atomic mass is 16.4. The number of aliphatic hydroxyl groups is 1. The van der Waals surface area contributed by atoms with Crippen molar-refractivity contribution >= 4 is 11.8 Å². The zero-order chi connectivity index (χ0) is 18.7. The molecule has 2 N–H and O–H groups in total. The third-order valence-corrected chi connectivity index (χ3v) is 5.30. The van der Waals surface area contributed by atoms with E-state index in [-0.39, 0.29) is 18.3 Å². The monoisotopic (exact) mass is 352 g/mol. The molecule has 0 spiro atoms. The highest BCUT2D eigenvalue weighted by Crippen LogP contribution is 2.34. The largest absolute Gasteiger partial charge is 0.481 e. The minimum atomic E-state index is -0.776. The molecule has 0 aromatic rings. The Balaban J connectivity index is 2.38. The molecular weight excluding hydrogens is 316 g/mol. The van der Waals surface area contributed by atoms with Crippen LogP contribution in [0.25, 0.3) is 0 Å². The quantitative estimate of drug-likeness (QED) is 0.365. The van der Waals surface area contributed by atoms with Gasteiger partial charge in [-0.2, -0.15) is 0 Å². The molecule has 1 saturated carbocycles. The molecule has 0 bridgehead atoms. The maximum Gasteiger partial charge on any atom is 0.303 e. The first-order chi connectivity index (χ1) is 11.9.